The zero-order chi connectivity index (χ0) is 15.6. The van der Waals surface area contributed by atoms with E-state index in [-0.39, 0.29) is 11.4 Å². The van der Waals surface area contributed by atoms with Crippen LogP contribution in [0.4, 0.5) is 13.2 Å². The predicted molar refractivity (Wildman–Crippen MR) is 68.2 cm³/mol. The van der Waals surface area contributed by atoms with Crippen LogP contribution in [0.25, 0.3) is 11.1 Å². The first-order chi connectivity index (χ1) is 9.82. The number of ether oxygens (including phenoxy) is 1. The molecule has 0 saturated carbocycles. The molecule has 0 spiro atoms. The van der Waals surface area contributed by atoms with E-state index in [1.807, 2.05) is 0 Å². The lowest BCUT2D eigenvalue weighted by Crippen LogP contribution is -2.05. The second-order valence-corrected chi connectivity index (χ2v) is 4.15. The average Bonchev–Trinajstić information content (AvgIpc) is 2.45. The van der Waals surface area contributed by atoms with Crippen LogP contribution < -0.4 is 4.74 Å². The van der Waals surface area contributed by atoms with E-state index >= 15 is 0 Å². The van der Waals surface area contributed by atoms with Crippen LogP contribution in [0.2, 0.25) is 0 Å². The molecule has 0 saturated heterocycles. The fourth-order valence-electron chi connectivity index (χ4n) is 1.82. The molecule has 2 aromatic rings. The number of aromatic carboxylic acids is 1. The van der Waals surface area contributed by atoms with Crippen molar-refractivity contribution in [2.45, 2.75) is 6.18 Å². The first kappa shape index (κ1) is 14.8. The number of aromatic nitrogens is 1. The zero-order valence-electron chi connectivity index (χ0n) is 10.8. The highest BCUT2D eigenvalue weighted by molar-refractivity contribution is 5.87. The van der Waals surface area contributed by atoms with Crippen LogP contribution in [0.5, 0.6) is 5.75 Å². The van der Waals surface area contributed by atoms with Gasteiger partial charge in [-0.1, -0.05) is 6.07 Å². The average molecular weight is 297 g/mol. The number of hydrogen-bond donors (Lipinski definition) is 1. The number of rotatable bonds is 3. The van der Waals surface area contributed by atoms with Crippen LogP contribution in [0.15, 0.2) is 36.5 Å². The number of hydrogen-bond acceptors (Lipinski definition) is 3. The van der Waals surface area contributed by atoms with Crippen molar-refractivity contribution in [3.05, 3.63) is 47.8 Å². The summed E-state index contributed by atoms with van der Waals surface area (Å²) in [5, 5.41) is 8.89. The Morgan fingerprint density at radius 3 is 2.52 bits per heavy atom. The molecule has 0 unspecified atom stereocenters. The maximum absolute atomic E-state index is 12.7. The molecule has 0 bridgehead atoms. The van der Waals surface area contributed by atoms with Crippen molar-refractivity contribution in [1.82, 2.24) is 4.98 Å². The van der Waals surface area contributed by atoms with Crippen LogP contribution in [0.3, 0.4) is 0 Å². The molecule has 0 aliphatic heterocycles. The van der Waals surface area contributed by atoms with Crippen LogP contribution >= 0.6 is 0 Å². The smallest absolute Gasteiger partial charge is 0.416 e. The van der Waals surface area contributed by atoms with Gasteiger partial charge in [-0.2, -0.15) is 13.2 Å². The number of pyridine rings is 1. The third-order valence-corrected chi connectivity index (χ3v) is 2.82. The van der Waals surface area contributed by atoms with E-state index in [4.69, 9.17) is 9.84 Å². The molecule has 1 aromatic heterocycles. The molecule has 2 rings (SSSR count). The third kappa shape index (κ3) is 3.13. The van der Waals surface area contributed by atoms with E-state index in [0.29, 0.717) is 11.1 Å². The number of carbonyl (C=O) groups is 1. The number of methoxy groups -OCH3 is 1. The van der Waals surface area contributed by atoms with E-state index in [2.05, 4.69) is 4.98 Å². The van der Waals surface area contributed by atoms with Crippen molar-refractivity contribution in [3.8, 4) is 16.9 Å². The van der Waals surface area contributed by atoms with Gasteiger partial charge >= 0.3 is 12.1 Å². The molecule has 7 heteroatoms. The monoisotopic (exact) mass is 297 g/mol. The summed E-state index contributed by atoms with van der Waals surface area (Å²) in [5.41, 5.74) is -0.270. The third-order valence-electron chi connectivity index (χ3n) is 2.82. The van der Waals surface area contributed by atoms with Crippen LogP contribution in [-0.4, -0.2) is 23.2 Å². The maximum Gasteiger partial charge on any atom is 0.416 e. The number of carboxylic acid groups (broad SMARTS) is 1. The molecule has 0 aliphatic rings. The minimum Gasteiger partial charge on any atom is -0.496 e. The van der Waals surface area contributed by atoms with Gasteiger partial charge in [0.05, 0.1) is 12.7 Å². The molecular weight excluding hydrogens is 287 g/mol. The van der Waals surface area contributed by atoms with Crippen LogP contribution in [0, 0.1) is 0 Å². The molecule has 0 atom stereocenters. The van der Waals surface area contributed by atoms with Crippen molar-refractivity contribution in [1.29, 1.82) is 0 Å². The van der Waals surface area contributed by atoms with E-state index in [1.165, 1.54) is 31.5 Å². The fraction of sp³-hybridized carbons (Fsp3) is 0.143. The van der Waals surface area contributed by atoms with Crippen molar-refractivity contribution in [2.24, 2.45) is 0 Å². The van der Waals surface area contributed by atoms with E-state index in [1.54, 1.807) is 0 Å². The maximum atomic E-state index is 12.7. The second-order valence-electron chi connectivity index (χ2n) is 4.15. The Kier molecular flexibility index (Phi) is 3.84. The van der Waals surface area contributed by atoms with Crippen LogP contribution in [-0.2, 0) is 6.18 Å². The van der Waals surface area contributed by atoms with Gasteiger partial charge < -0.3 is 9.84 Å². The zero-order valence-corrected chi connectivity index (χ0v) is 10.8. The largest absolute Gasteiger partial charge is 0.496 e. The van der Waals surface area contributed by atoms with Crippen LogP contribution in [0.1, 0.15) is 16.1 Å². The van der Waals surface area contributed by atoms with Gasteiger partial charge in [-0.25, -0.2) is 9.78 Å². The Balaban J connectivity index is 2.54. The first-order valence-electron chi connectivity index (χ1n) is 5.78. The molecule has 21 heavy (non-hydrogen) atoms. The molecule has 1 heterocycles. The number of nitrogens with zero attached hydrogens (tertiary/aromatic N) is 1. The Labute approximate surface area is 117 Å². The van der Waals surface area contributed by atoms with Crippen molar-refractivity contribution >= 4 is 5.97 Å². The summed E-state index contributed by atoms with van der Waals surface area (Å²) in [7, 11) is 1.25. The molecule has 1 N–H and O–H groups in total. The van der Waals surface area contributed by atoms with Gasteiger partial charge in [0.25, 0.3) is 0 Å². The minimum atomic E-state index is -4.48. The summed E-state index contributed by atoms with van der Waals surface area (Å²) >= 11 is 0. The van der Waals surface area contributed by atoms with Gasteiger partial charge in [0.1, 0.15) is 11.4 Å². The highest BCUT2D eigenvalue weighted by Gasteiger charge is 2.31. The van der Waals surface area contributed by atoms with Crippen molar-refractivity contribution in [2.75, 3.05) is 7.11 Å². The van der Waals surface area contributed by atoms with Crippen molar-refractivity contribution in [3.63, 3.8) is 0 Å². The summed E-state index contributed by atoms with van der Waals surface area (Å²) in [6.07, 6.45) is -3.20. The van der Waals surface area contributed by atoms with Gasteiger partial charge in [-0.3, -0.25) is 0 Å². The Morgan fingerprint density at radius 1 is 1.24 bits per heavy atom. The molecule has 0 amide bonds. The summed E-state index contributed by atoms with van der Waals surface area (Å²) < 4.78 is 43.0. The van der Waals surface area contributed by atoms with E-state index in [9.17, 15) is 18.0 Å². The Bertz CT molecular complexity index is 683. The molecule has 0 fully saturated rings. The molecule has 1 aromatic carbocycles. The molecule has 4 nitrogen and oxygen atoms in total. The summed E-state index contributed by atoms with van der Waals surface area (Å²) in [5.74, 6) is -1.21. The van der Waals surface area contributed by atoms with Gasteiger partial charge in [0.2, 0.25) is 0 Å². The highest BCUT2D eigenvalue weighted by Crippen LogP contribution is 2.37. The molecule has 110 valence electrons. The van der Waals surface area contributed by atoms with Gasteiger partial charge in [-0.05, 0) is 29.8 Å². The number of alkyl halides is 3. The molecule has 0 radical (unpaired) electrons. The van der Waals surface area contributed by atoms with Gasteiger partial charge in [0.15, 0.2) is 0 Å². The first-order valence-corrected chi connectivity index (χ1v) is 5.78. The number of carboxylic acids is 1. The standard InChI is InChI=1S/C14H10F3NO3/c1-21-12-7-9(14(15,16)17)2-3-10(12)8-4-5-18-11(6-8)13(19)20/h2-7H,1H3,(H,19,20). The van der Waals surface area contributed by atoms with Gasteiger partial charge in [0, 0.05) is 11.8 Å². The quantitative estimate of drug-likeness (QED) is 0.942. The highest BCUT2D eigenvalue weighted by atomic mass is 19.4. The Morgan fingerprint density at radius 2 is 1.95 bits per heavy atom. The van der Waals surface area contributed by atoms with E-state index < -0.39 is 17.7 Å². The topological polar surface area (TPSA) is 59.4 Å². The molecule has 0 aliphatic carbocycles. The lowest BCUT2D eigenvalue weighted by atomic mass is 10.0. The van der Waals surface area contributed by atoms with E-state index in [0.717, 1.165) is 12.1 Å². The fourth-order valence-corrected chi connectivity index (χ4v) is 1.82. The number of halogens is 3. The lowest BCUT2D eigenvalue weighted by Gasteiger charge is -2.13. The minimum absolute atomic E-state index is 0.00682. The van der Waals surface area contributed by atoms with Gasteiger partial charge in [-0.15, -0.1) is 0 Å². The normalized spacial score (nSPS) is 11.2. The number of benzene rings is 1. The van der Waals surface area contributed by atoms with Crippen molar-refractivity contribution < 1.29 is 27.8 Å². The summed E-state index contributed by atoms with van der Waals surface area (Å²) in [4.78, 5) is 14.5. The SMILES string of the molecule is COc1cc(C(F)(F)F)ccc1-c1ccnc(C(=O)O)c1. The summed E-state index contributed by atoms with van der Waals surface area (Å²) in [6.45, 7) is 0. The Hall–Kier alpha value is -2.57. The molecular formula is C14H10F3NO3. The predicted octanol–water partition coefficient (Wildman–Crippen LogP) is 3.47. The lowest BCUT2D eigenvalue weighted by molar-refractivity contribution is -0.137. The second kappa shape index (κ2) is 5.43. The summed E-state index contributed by atoms with van der Waals surface area (Å²) in [6, 6.07) is 5.79.